The maximum atomic E-state index is 14.0. The molecule has 0 aliphatic carbocycles. The number of benzene rings is 2. The molecule has 2 aliphatic rings. The molecule has 0 unspecified atom stereocenters. The number of aliphatic hydroxyl groups is 1. The quantitative estimate of drug-likeness (QED) is 0.389. The van der Waals surface area contributed by atoms with Gasteiger partial charge in [-0.1, -0.05) is 60.7 Å². The summed E-state index contributed by atoms with van der Waals surface area (Å²) in [7, 11) is 0. The number of cyclic esters (lactones) is 1. The third-order valence-electron chi connectivity index (χ3n) is 6.45. The molecule has 0 spiro atoms. The summed E-state index contributed by atoms with van der Waals surface area (Å²) in [6.45, 7) is 1.47. The third kappa shape index (κ3) is 7.63. The molecule has 4 rings (SSSR count). The number of carbonyl (C=O) groups excluding carboxylic acids is 3. The maximum absolute atomic E-state index is 14.0. The number of hydrogen-bond acceptors (Lipinski definition) is 8. The molecule has 1 saturated heterocycles. The zero-order valence-corrected chi connectivity index (χ0v) is 21.6. The molecule has 39 heavy (non-hydrogen) atoms. The van der Waals surface area contributed by atoms with Gasteiger partial charge in [0.25, 0.3) is 0 Å². The number of ketones is 1. The molecule has 1 fully saturated rings. The number of rotatable bonds is 13. The van der Waals surface area contributed by atoms with Crippen molar-refractivity contribution in [3.05, 3.63) is 95.8 Å². The van der Waals surface area contributed by atoms with Crippen molar-refractivity contribution in [3.63, 3.8) is 0 Å². The first-order valence-corrected chi connectivity index (χ1v) is 13.0. The standard InChI is InChI=1S/C30H33NO8/c32-15-17-37-19-18-36-16-7-12-24-13-14-27(33)28(39-24)25(20-22-8-3-1-4-9-22)29(34)31-26(21-38-30(31)35)23-10-5-2-6-11-23/h1-6,8-14,25-26,28,32H,7,15-21H2/t25-,26+,28-/m0/s1. The molecule has 0 saturated carbocycles. The lowest BCUT2D eigenvalue weighted by molar-refractivity contribution is -0.143. The van der Waals surface area contributed by atoms with Gasteiger partial charge in [0, 0.05) is 0 Å². The second-order valence-corrected chi connectivity index (χ2v) is 9.13. The predicted molar refractivity (Wildman–Crippen MR) is 141 cm³/mol. The van der Waals surface area contributed by atoms with E-state index in [9.17, 15) is 14.4 Å². The Kier molecular flexibility index (Phi) is 10.4. The Morgan fingerprint density at radius 1 is 0.974 bits per heavy atom. The Balaban J connectivity index is 1.50. The molecular formula is C30H33NO8. The molecule has 206 valence electrons. The monoisotopic (exact) mass is 535 g/mol. The summed E-state index contributed by atoms with van der Waals surface area (Å²) in [4.78, 5) is 40.9. The molecule has 3 atom stereocenters. The van der Waals surface area contributed by atoms with Gasteiger partial charge in [0.2, 0.25) is 5.91 Å². The number of nitrogens with zero attached hydrogens (tertiary/aromatic N) is 1. The largest absolute Gasteiger partial charge is 0.482 e. The minimum atomic E-state index is -1.11. The summed E-state index contributed by atoms with van der Waals surface area (Å²) < 4.78 is 22.0. The summed E-state index contributed by atoms with van der Waals surface area (Å²) >= 11 is 0. The predicted octanol–water partition coefficient (Wildman–Crippen LogP) is 3.39. The fourth-order valence-electron chi connectivity index (χ4n) is 4.53. The first-order chi connectivity index (χ1) is 19.1. The minimum absolute atomic E-state index is 0.0325. The van der Waals surface area contributed by atoms with E-state index in [1.807, 2.05) is 60.7 Å². The van der Waals surface area contributed by atoms with Crippen LogP contribution in [0.3, 0.4) is 0 Å². The molecule has 9 nitrogen and oxygen atoms in total. The van der Waals surface area contributed by atoms with Gasteiger partial charge in [-0.15, -0.1) is 0 Å². The van der Waals surface area contributed by atoms with Gasteiger partial charge in [-0.05, 0) is 42.2 Å². The first kappa shape index (κ1) is 28.2. The van der Waals surface area contributed by atoms with Crippen LogP contribution in [-0.2, 0) is 35.0 Å². The second-order valence-electron chi connectivity index (χ2n) is 9.13. The summed E-state index contributed by atoms with van der Waals surface area (Å²) in [6, 6.07) is 18.0. The lowest BCUT2D eigenvalue weighted by atomic mass is 9.88. The zero-order valence-electron chi connectivity index (χ0n) is 21.6. The molecule has 2 aliphatic heterocycles. The number of carbonyl (C=O) groups is 3. The SMILES string of the molecule is O=C1C=CC(=CCCOCCOCCO)O[C@H]1[C@H](Cc1ccccc1)C(=O)N1C(=O)OC[C@@H]1c1ccccc1. The van der Waals surface area contributed by atoms with Crippen molar-refractivity contribution >= 4 is 17.8 Å². The van der Waals surface area contributed by atoms with Crippen LogP contribution in [0.1, 0.15) is 23.6 Å². The first-order valence-electron chi connectivity index (χ1n) is 13.0. The zero-order chi connectivity index (χ0) is 27.5. The average Bonchev–Trinajstić information content (AvgIpc) is 3.36. The van der Waals surface area contributed by atoms with E-state index in [-0.39, 0.29) is 32.0 Å². The molecule has 0 bridgehead atoms. The van der Waals surface area contributed by atoms with Gasteiger partial charge >= 0.3 is 6.09 Å². The van der Waals surface area contributed by atoms with E-state index in [4.69, 9.17) is 24.1 Å². The fraction of sp³-hybridized carbons (Fsp3) is 0.367. The van der Waals surface area contributed by atoms with Gasteiger partial charge < -0.3 is 24.1 Å². The van der Waals surface area contributed by atoms with Gasteiger partial charge in [0.15, 0.2) is 11.9 Å². The van der Waals surface area contributed by atoms with Crippen molar-refractivity contribution in [3.8, 4) is 0 Å². The van der Waals surface area contributed by atoms with Crippen molar-refractivity contribution in [1.29, 1.82) is 0 Å². The highest BCUT2D eigenvalue weighted by atomic mass is 16.6. The van der Waals surface area contributed by atoms with Crippen LogP contribution in [0.5, 0.6) is 0 Å². The Hall–Kier alpha value is -3.79. The molecule has 2 aromatic rings. The van der Waals surface area contributed by atoms with Crippen LogP contribution in [0, 0.1) is 5.92 Å². The van der Waals surface area contributed by atoms with Gasteiger partial charge in [0.05, 0.1) is 39.0 Å². The van der Waals surface area contributed by atoms with Gasteiger partial charge in [-0.2, -0.15) is 0 Å². The van der Waals surface area contributed by atoms with E-state index in [1.165, 1.54) is 6.08 Å². The minimum Gasteiger partial charge on any atom is -0.482 e. The topological polar surface area (TPSA) is 112 Å². The summed E-state index contributed by atoms with van der Waals surface area (Å²) in [5.74, 6) is -1.36. The van der Waals surface area contributed by atoms with E-state index >= 15 is 0 Å². The average molecular weight is 536 g/mol. The summed E-state index contributed by atoms with van der Waals surface area (Å²) in [5.41, 5.74) is 1.61. The molecule has 0 radical (unpaired) electrons. The molecule has 9 heteroatoms. The summed E-state index contributed by atoms with van der Waals surface area (Å²) in [5, 5.41) is 8.72. The number of amides is 2. The smallest absolute Gasteiger partial charge is 0.417 e. The third-order valence-corrected chi connectivity index (χ3v) is 6.45. The number of ether oxygens (including phenoxy) is 4. The summed E-state index contributed by atoms with van der Waals surface area (Å²) in [6.07, 6.45) is 3.67. The van der Waals surface area contributed by atoms with Crippen LogP contribution in [-0.4, -0.2) is 73.5 Å². The Morgan fingerprint density at radius 3 is 2.38 bits per heavy atom. The molecule has 0 aromatic heterocycles. The van der Waals surface area contributed by atoms with Gasteiger partial charge in [-0.3, -0.25) is 9.59 Å². The van der Waals surface area contributed by atoms with Crippen molar-refractivity contribution < 1.29 is 38.4 Å². The highest BCUT2D eigenvalue weighted by molar-refractivity contribution is 6.02. The van der Waals surface area contributed by atoms with Crippen molar-refractivity contribution in [1.82, 2.24) is 4.90 Å². The van der Waals surface area contributed by atoms with E-state index in [1.54, 1.807) is 12.2 Å². The van der Waals surface area contributed by atoms with Crippen molar-refractivity contribution in [2.24, 2.45) is 5.92 Å². The lowest BCUT2D eigenvalue weighted by Crippen LogP contribution is -2.47. The van der Waals surface area contributed by atoms with E-state index in [0.29, 0.717) is 32.0 Å². The highest BCUT2D eigenvalue weighted by Crippen LogP contribution is 2.32. The van der Waals surface area contributed by atoms with Crippen molar-refractivity contribution in [2.45, 2.75) is 25.0 Å². The number of imide groups is 1. The van der Waals surface area contributed by atoms with Crippen LogP contribution in [0.2, 0.25) is 0 Å². The molecule has 2 amide bonds. The van der Waals surface area contributed by atoms with E-state index < -0.39 is 30.1 Å². The molecule has 2 aromatic carbocycles. The van der Waals surface area contributed by atoms with Crippen LogP contribution < -0.4 is 0 Å². The number of aliphatic hydroxyl groups excluding tert-OH is 1. The molecule has 1 N–H and O–H groups in total. The van der Waals surface area contributed by atoms with Gasteiger partial charge in [-0.25, -0.2) is 9.69 Å². The van der Waals surface area contributed by atoms with E-state index in [2.05, 4.69) is 0 Å². The number of hydrogen-bond donors (Lipinski definition) is 1. The highest BCUT2D eigenvalue weighted by Gasteiger charge is 2.46. The maximum Gasteiger partial charge on any atom is 0.417 e. The van der Waals surface area contributed by atoms with Crippen LogP contribution in [0.15, 0.2) is 84.7 Å². The normalized spacial score (nSPS) is 20.6. The van der Waals surface area contributed by atoms with Crippen LogP contribution >= 0.6 is 0 Å². The Labute approximate surface area is 227 Å². The second kappa shape index (κ2) is 14.4. The Bertz CT molecular complexity index is 1160. The van der Waals surface area contributed by atoms with Crippen LogP contribution in [0.4, 0.5) is 4.79 Å². The van der Waals surface area contributed by atoms with Crippen molar-refractivity contribution in [2.75, 3.05) is 39.6 Å². The van der Waals surface area contributed by atoms with E-state index in [0.717, 1.165) is 16.0 Å². The lowest BCUT2D eigenvalue weighted by Gasteiger charge is -2.31. The molecular weight excluding hydrogens is 502 g/mol. The Morgan fingerprint density at radius 2 is 1.67 bits per heavy atom. The van der Waals surface area contributed by atoms with Gasteiger partial charge in [0.1, 0.15) is 18.4 Å². The number of allylic oxidation sites excluding steroid dienone is 1. The van der Waals surface area contributed by atoms with Crippen LogP contribution in [0.25, 0.3) is 0 Å². The molecule has 2 heterocycles. The fourth-order valence-corrected chi connectivity index (χ4v) is 4.53.